The van der Waals surface area contributed by atoms with Crippen LogP contribution in [0.3, 0.4) is 0 Å². The van der Waals surface area contributed by atoms with E-state index in [4.69, 9.17) is 4.74 Å². The fourth-order valence-corrected chi connectivity index (χ4v) is 9.08. The summed E-state index contributed by atoms with van der Waals surface area (Å²) >= 11 is 1.52. The largest absolute Gasteiger partial charge is 0.481 e. The van der Waals surface area contributed by atoms with Crippen molar-refractivity contribution in [3.63, 3.8) is 0 Å². The maximum Gasteiger partial charge on any atom is 0.308 e. The summed E-state index contributed by atoms with van der Waals surface area (Å²) in [5.41, 5.74) is 0.946. The molecule has 9 nitrogen and oxygen atoms in total. The molecule has 206 valence electrons. The number of carboxylic acids is 1. The summed E-state index contributed by atoms with van der Waals surface area (Å²) in [6.45, 7) is 7.98. The quantitative estimate of drug-likeness (QED) is 0.400. The summed E-state index contributed by atoms with van der Waals surface area (Å²) in [4.78, 5) is 46.5. The van der Waals surface area contributed by atoms with Gasteiger partial charge in [0.15, 0.2) is 0 Å². The number of thioether (sulfide) groups is 1. The van der Waals surface area contributed by atoms with Gasteiger partial charge in [-0.1, -0.05) is 36.4 Å². The molecule has 6 atom stereocenters. The fraction of sp³-hybridized carbons (Fsp3) is 0.607. The Morgan fingerprint density at radius 2 is 2.00 bits per heavy atom. The van der Waals surface area contributed by atoms with Crippen LogP contribution >= 0.6 is 11.8 Å². The first-order chi connectivity index (χ1) is 18.4. The maximum atomic E-state index is 14.4. The van der Waals surface area contributed by atoms with Crippen LogP contribution < -0.4 is 0 Å². The van der Waals surface area contributed by atoms with Gasteiger partial charge in [-0.15, -0.1) is 18.3 Å². The first-order valence-corrected chi connectivity index (χ1v) is 14.4. The average Bonchev–Trinajstić information content (AvgIpc) is 3.58. The summed E-state index contributed by atoms with van der Waals surface area (Å²) < 4.78 is 4.65. The second-order valence-electron chi connectivity index (χ2n) is 10.7. The zero-order valence-electron chi connectivity index (χ0n) is 21.6. The number of carbonyl (C=O) groups excluding carboxylic acids is 2. The predicted molar refractivity (Wildman–Crippen MR) is 144 cm³/mol. The van der Waals surface area contributed by atoms with Crippen molar-refractivity contribution < 1.29 is 29.3 Å². The Morgan fingerprint density at radius 3 is 2.66 bits per heavy atom. The van der Waals surface area contributed by atoms with Crippen molar-refractivity contribution in [2.24, 2.45) is 11.8 Å². The molecular formula is C28H37N3O6S. The van der Waals surface area contributed by atoms with E-state index in [-0.39, 0.29) is 23.7 Å². The van der Waals surface area contributed by atoms with E-state index in [0.717, 1.165) is 18.7 Å². The normalized spacial score (nSPS) is 31.3. The molecule has 2 bridgehead atoms. The lowest BCUT2D eigenvalue weighted by atomic mass is 9.71. The highest BCUT2D eigenvalue weighted by Gasteiger charge is 2.74. The van der Waals surface area contributed by atoms with Gasteiger partial charge in [-0.3, -0.25) is 19.3 Å². The third-order valence-electron chi connectivity index (χ3n) is 8.63. The second-order valence-corrected chi connectivity index (χ2v) is 12.3. The molecule has 0 radical (unpaired) electrons. The van der Waals surface area contributed by atoms with E-state index in [2.05, 4.69) is 11.5 Å². The van der Waals surface area contributed by atoms with Gasteiger partial charge < -0.3 is 24.7 Å². The van der Waals surface area contributed by atoms with Gasteiger partial charge in [0.05, 0.1) is 42.4 Å². The van der Waals surface area contributed by atoms with Gasteiger partial charge in [-0.25, -0.2) is 0 Å². The van der Waals surface area contributed by atoms with Crippen LogP contribution in [0.1, 0.15) is 18.4 Å². The first kappa shape index (κ1) is 27.2. The highest BCUT2D eigenvalue weighted by atomic mass is 32.2. The summed E-state index contributed by atoms with van der Waals surface area (Å²) in [6, 6.07) is 8.13. The van der Waals surface area contributed by atoms with Crippen molar-refractivity contribution in [2.45, 2.75) is 41.3 Å². The van der Waals surface area contributed by atoms with E-state index in [1.165, 1.54) is 11.8 Å². The van der Waals surface area contributed by atoms with Gasteiger partial charge >= 0.3 is 5.97 Å². The number of morpholine rings is 1. The number of amides is 2. The number of aliphatic carboxylic acids is 1. The van der Waals surface area contributed by atoms with Crippen LogP contribution in [0, 0.1) is 11.8 Å². The molecule has 0 aromatic heterocycles. The summed E-state index contributed by atoms with van der Waals surface area (Å²) in [7, 11) is 0. The number of ether oxygens (including phenoxy) is 1. The lowest BCUT2D eigenvalue weighted by molar-refractivity contribution is -0.149. The van der Waals surface area contributed by atoms with E-state index in [0.29, 0.717) is 52.1 Å². The summed E-state index contributed by atoms with van der Waals surface area (Å²) in [5, 5.41) is 20.4. The maximum absolute atomic E-state index is 14.4. The smallest absolute Gasteiger partial charge is 0.308 e. The number of rotatable bonds is 11. The predicted octanol–water partition coefficient (Wildman–Crippen LogP) is 1.11. The second kappa shape index (κ2) is 11.4. The molecule has 1 spiro atoms. The molecule has 38 heavy (non-hydrogen) atoms. The zero-order valence-corrected chi connectivity index (χ0v) is 22.4. The molecular weight excluding hydrogens is 506 g/mol. The molecule has 2 unspecified atom stereocenters. The number of aliphatic hydroxyl groups is 1. The van der Waals surface area contributed by atoms with E-state index in [1.54, 1.807) is 15.9 Å². The lowest BCUT2D eigenvalue weighted by Crippen LogP contribution is -2.58. The fourth-order valence-electron chi connectivity index (χ4n) is 6.89. The van der Waals surface area contributed by atoms with Crippen LogP contribution in [0.15, 0.2) is 43.0 Å². The van der Waals surface area contributed by atoms with Gasteiger partial charge in [0.2, 0.25) is 11.8 Å². The standard InChI is InChI=1S/C28H37N3O6S/c1-2-10-30(12-11-29-13-15-37-16-14-29)26(34)24-28-9-8-21(38-28)22(27(35)36)23(28)25(33)31(24)20(18-32)17-19-6-4-3-5-7-19/h2-7,20-24,32H,1,8-18H2,(H,35,36)/t20-,21+,22-,23+,24?,28?/m1/s1. The van der Waals surface area contributed by atoms with Gasteiger partial charge in [-0.05, 0) is 24.8 Å². The molecule has 4 aliphatic heterocycles. The van der Waals surface area contributed by atoms with E-state index < -0.39 is 34.6 Å². The number of likely N-dealkylation sites (tertiary alicyclic amines) is 1. The van der Waals surface area contributed by atoms with E-state index >= 15 is 0 Å². The number of carboxylic acid groups (broad SMARTS) is 1. The summed E-state index contributed by atoms with van der Waals surface area (Å²) in [5.74, 6) is -3.06. The highest BCUT2D eigenvalue weighted by molar-refractivity contribution is 8.02. The molecule has 1 aromatic rings. The number of nitrogens with zero attached hydrogens (tertiary/aromatic N) is 3. The van der Waals surface area contributed by atoms with Crippen LogP contribution in [-0.4, -0.2) is 117 Å². The van der Waals surface area contributed by atoms with Gasteiger partial charge in [0.25, 0.3) is 0 Å². The van der Waals surface area contributed by atoms with Gasteiger partial charge in [-0.2, -0.15) is 0 Å². The van der Waals surface area contributed by atoms with E-state index in [1.807, 2.05) is 30.3 Å². The SMILES string of the molecule is C=CCN(CCN1CCOCC1)C(=O)C1N([C@@H](CO)Cc2ccccc2)C(=O)[C@@H]2[C@H](C(=O)O)[C@@H]3CCC12S3. The topological polar surface area (TPSA) is 111 Å². The van der Waals surface area contributed by atoms with Crippen LogP contribution in [0.5, 0.6) is 0 Å². The Balaban J connectivity index is 1.48. The van der Waals surface area contributed by atoms with Crippen molar-refractivity contribution >= 4 is 29.5 Å². The Bertz CT molecular complexity index is 1050. The molecule has 1 aromatic carbocycles. The molecule has 4 heterocycles. The number of fused-ring (bicyclic) bond motifs is 1. The lowest BCUT2D eigenvalue weighted by Gasteiger charge is -2.40. The van der Waals surface area contributed by atoms with Crippen molar-refractivity contribution in [3.8, 4) is 0 Å². The molecule has 2 N–H and O–H groups in total. The number of carbonyl (C=O) groups is 3. The molecule has 4 saturated heterocycles. The Hall–Kier alpha value is -2.40. The first-order valence-electron chi connectivity index (χ1n) is 13.5. The minimum Gasteiger partial charge on any atom is -0.481 e. The number of hydrogen-bond donors (Lipinski definition) is 2. The third-order valence-corrected chi connectivity index (χ3v) is 10.6. The number of aliphatic hydroxyl groups excluding tert-OH is 1. The van der Waals surface area contributed by atoms with E-state index in [9.17, 15) is 24.6 Å². The third kappa shape index (κ3) is 4.76. The summed E-state index contributed by atoms with van der Waals surface area (Å²) in [6.07, 6.45) is 3.36. The Labute approximate surface area is 227 Å². The molecule has 0 aliphatic carbocycles. The van der Waals surface area contributed by atoms with Crippen molar-refractivity contribution in [3.05, 3.63) is 48.6 Å². The zero-order chi connectivity index (χ0) is 26.9. The molecule has 10 heteroatoms. The molecule has 4 aliphatic rings. The van der Waals surface area contributed by atoms with Crippen molar-refractivity contribution in [1.29, 1.82) is 0 Å². The molecule has 4 fully saturated rings. The molecule has 2 amide bonds. The van der Waals surface area contributed by atoms with Crippen molar-refractivity contribution in [1.82, 2.24) is 14.7 Å². The van der Waals surface area contributed by atoms with Crippen LogP contribution in [0.2, 0.25) is 0 Å². The monoisotopic (exact) mass is 543 g/mol. The van der Waals surface area contributed by atoms with Gasteiger partial charge in [0.1, 0.15) is 6.04 Å². The molecule has 0 saturated carbocycles. The highest BCUT2D eigenvalue weighted by Crippen LogP contribution is 2.66. The number of benzene rings is 1. The van der Waals surface area contributed by atoms with Crippen LogP contribution in [0.4, 0.5) is 0 Å². The minimum absolute atomic E-state index is 0.179. The average molecular weight is 544 g/mol. The Kier molecular flexibility index (Phi) is 8.14. The van der Waals surface area contributed by atoms with Gasteiger partial charge in [0, 0.05) is 38.0 Å². The molecule has 5 rings (SSSR count). The minimum atomic E-state index is -0.977. The van der Waals surface area contributed by atoms with Crippen LogP contribution in [0.25, 0.3) is 0 Å². The van der Waals surface area contributed by atoms with Crippen molar-refractivity contribution in [2.75, 3.05) is 52.5 Å². The van der Waals surface area contributed by atoms with Crippen LogP contribution in [-0.2, 0) is 25.5 Å². The number of hydrogen-bond acceptors (Lipinski definition) is 7. The Morgan fingerprint density at radius 1 is 1.26 bits per heavy atom.